The van der Waals surface area contributed by atoms with Crippen LogP contribution >= 0.6 is 7.82 Å². The molecule has 1 aliphatic carbocycles. The maximum Gasteiger partial charge on any atom is 0.524 e. The number of pyridine rings is 1. The summed E-state index contributed by atoms with van der Waals surface area (Å²) >= 11 is 0. The lowest BCUT2D eigenvalue weighted by atomic mass is 9.78. The summed E-state index contributed by atoms with van der Waals surface area (Å²) in [4.78, 5) is 65.1. The van der Waals surface area contributed by atoms with E-state index in [1.165, 1.54) is 34.8 Å². The maximum absolute atomic E-state index is 13.5. The highest BCUT2D eigenvalue weighted by atomic mass is 31.2. The lowest BCUT2D eigenvalue weighted by molar-refractivity contribution is -0.148. The predicted molar refractivity (Wildman–Crippen MR) is 188 cm³/mol. The SMILES string of the molecule is [2H]C([2H])([2H])NC(=O)c1cn(COC(=O)CC(C)(C)c2c(C)cc(C)cc2OP(=O)(O)O)c(NC(=O)C2CC2)cc1=Nc1cccc(-c2nnn(C)n2)c1OC. The molecule has 0 saturated heterocycles. The normalized spacial score (nSPS) is 14.5. The Morgan fingerprint density at radius 1 is 1.17 bits per heavy atom. The van der Waals surface area contributed by atoms with Crippen molar-refractivity contribution in [3.05, 3.63) is 70.2 Å². The lowest BCUT2D eigenvalue weighted by Gasteiger charge is -2.29. The first-order chi connectivity index (χ1) is 25.6. The van der Waals surface area contributed by atoms with Crippen LogP contribution in [0, 0.1) is 19.8 Å². The van der Waals surface area contributed by atoms with Crippen LogP contribution in [0.15, 0.2) is 47.6 Å². The average molecular weight is 740 g/mol. The summed E-state index contributed by atoms with van der Waals surface area (Å²) in [5.74, 6) is -1.94. The highest BCUT2D eigenvalue weighted by Crippen LogP contribution is 2.45. The fraction of sp³-hybridized carbons (Fsp3) is 0.382. The fourth-order valence-electron chi connectivity index (χ4n) is 5.87. The molecule has 2 aromatic heterocycles. The topological polar surface area (TPSA) is 221 Å². The van der Waals surface area contributed by atoms with E-state index in [0.29, 0.717) is 35.1 Å². The molecular weight excluding hydrogens is 695 g/mol. The largest absolute Gasteiger partial charge is 0.524 e. The van der Waals surface area contributed by atoms with Gasteiger partial charge in [-0.1, -0.05) is 26.0 Å². The van der Waals surface area contributed by atoms with Gasteiger partial charge in [0, 0.05) is 40.2 Å². The summed E-state index contributed by atoms with van der Waals surface area (Å²) in [6, 6.07) is 9.52. The van der Waals surface area contributed by atoms with Crippen molar-refractivity contribution in [3.63, 3.8) is 0 Å². The number of aromatic nitrogens is 5. The van der Waals surface area contributed by atoms with Crippen LogP contribution in [0.4, 0.5) is 11.5 Å². The first-order valence-corrected chi connectivity index (χ1v) is 17.5. The Hall–Kier alpha value is -5.38. The van der Waals surface area contributed by atoms with E-state index in [4.69, 9.17) is 18.1 Å². The van der Waals surface area contributed by atoms with Gasteiger partial charge in [-0.3, -0.25) is 28.7 Å². The minimum Gasteiger partial charge on any atom is -0.494 e. The third-order valence-corrected chi connectivity index (χ3v) is 8.61. The Kier molecular flexibility index (Phi) is 9.78. The van der Waals surface area contributed by atoms with E-state index in [1.54, 1.807) is 59.0 Å². The number of aryl methyl sites for hydroxylation is 3. The van der Waals surface area contributed by atoms with Crippen LogP contribution in [-0.4, -0.2) is 66.4 Å². The molecule has 4 aromatic rings. The zero-order chi connectivity index (χ0) is 40.5. The van der Waals surface area contributed by atoms with E-state index in [0.717, 1.165) is 0 Å². The number of hydrogen-bond acceptors (Lipinski definition) is 11. The molecule has 0 unspecified atom stereocenters. The first-order valence-electron chi connectivity index (χ1n) is 17.5. The number of rotatable bonds is 13. The van der Waals surface area contributed by atoms with Crippen molar-refractivity contribution in [2.24, 2.45) is 18.0 Å². The van der Waals surface area contributed by atoms with E-state index in [2.05, 4.69) is 25.7 Å². The van der Waals surface area contributed by atoms with E-state index >= 15 is 0 Å². The van der Waals surface area contributed by atoms with Crippen LogP contribution in [0.5, 0.6) is 11.5 Å². The van der Waals surface area contributed by atoms with Gasteiger partial charge in [-0.05, 0) is 61.2 Å². The number of carbonyl (C=O) groups is 3. The van der Waals surface area contributed by atoms with Crippen LogP contribution in [0.3, 0.4) is 0 Å². The van der Waals surface area contributed by atoms with Crippen LogP contribution in [-0.2, 0) is 38.1 Å². The number of para-hydroxylation sites is 1. The molecule has 0 radical (unpaired) electrons. The molecule has 2 amide bonds. The molecule has 1 aliphatic rings. The molecule has 0 spiro atoms. The van der Waals surface area contributed by atoms with Crippen molar-refractivity contribution in [1.82, 2.24) is 30.1 Å². The van der Waals surface area contributed by atoms with Gasteiger partial charge in [0.25, 0.3) is 5.91 Å². The Morgan fingerprint density at radius 2 is 1.92 bits per heavy atom. The Labute approximate surface area is 303 Å². The predicted octanol–water partition coefficient (Wildman–Crippen LogP) is 3.58. The number of nitrogens with one attached hydrogen (secondary N) is 2. The molecule has 0 aliphatic heterocycles. The standard InChI is InChI=1S/C34H41N8O9P/c1-19-13-20(2)29(26(14-19)51-52(46,47)48)34(3,4)16-28(43)50-18-42-17-23(33(45)35-5)25(15-27(42)37-32(44)21-11-12-21)36-24-10-8-9-22(30(24)49-7)31-38-40-41(6)39-31/h8-10,13-15,17,21H,11-12,16,18H2,1-7H3,(H,35,45)(H,37,44)(H2,46,47,48)/i5D3. The zero-order valence-electron chi connectivity index (χ0n) is 32.3. The van der Waals surface area contributed by atoms with Gasteiger partial charge in [-0.25, -0.2) is 9.56 Å². The molecule has 17 nitrogen and oxygen atoms in total. The molecule has 52 heavy (non-hydrogen) atoms. The minimum atomic E-state index is -4.95. The second-order valence-electron chi connectivity index (χ2n) is 13.0. The number of benzene rings is 2. The smallest absolute Gasteiger partial charge is 0.494 e. The molecule has 2 heterocycles. The van der Waals surface area contributed by atoms with Crippen molar-refractivity contribution >= 4 is 37.1 Å². The van der Waals surface area contributed by atoms with Crippen molar-refractivity contribution in [1.29, 1.82) is 0 Å². The third kappa shape index (κ3) is 8.91. The van der Waals surface area contributed by atoms with Crippen molar-refractivity contribution in [3.8, 4) is 22.9 Å². The number of amides is 2. The Bertz CT molecular complexity index is 2260. The summed E-state index contributed by atoms with van der Waals surface area (Å²) in [5, 5.41) is 16.8. The van der Waals surface area contributed by atoms with Gasteiger partial charge in [-0.15, -0.1) is 10.2 Å². The van der Waals surface area contributed by atoms with Gasteiger partial charge in [0.15, 0.2) is 12.5 Å². The number of phosphoric ester groups is 1. The molecule has 0 bridgehead atoms. The van der Waals surface area contributed by atoms with Gasteiger partial charge in [0.1, 0.15) is 17.3 Å². The van der Waals surface area contributed by atoms with Gasteiger partial charge < -0.3 is 24.6 Å². The Morgan fingerprint density at radius 3 is 2.56 bits per heavy atom. The summed E-state index contributed by atoms with van der Waals surface area (Å²) < 4.78 is 52.3. The second kappa shape index (κ2) is 15.1. The number of anilines is 1. The van der Waals surface area contributed by atoms with Gasteiger partial charge >= 0.3 is 13.8 Å². The minimum absolute atomic E-state index is 0.0634. The maximum atomic E-state index is 13.5. The highest BCUT2D eigenvalue weighted by molar-refractivity contribution is 7.46. The van der Waals surface area contributed by atoms with Gasteiger partial charge in [0.05, 0.1) is 37.1 Å². The van der Waals surface area contributed by atoms with Crippen molar-refractivity contribution < 1.29 is 46.8 Å². The zero-order valence-corrected chi connectivity index (χ0v) is 30.2. The molecule has 4 N–H and O–H groups in total. The number of ether oxygens (including phenoxy) is 2. The number of methoxy groups -OCH3 is 1. The van der Waals surface area contributed by atoms with Crippen LogP contribution in [0.25, 0.3) is 11.4 Å². The molecular formula is C34H41N8O9P. The molecule has 5 rings (SSSR count). The van der Waals surface area contributed by atoms with E-state index in [9.17, 15) is 28.7 Å². The number of esters is 1. The van der Waals surface area contributed by atoms with Crippen molar-refractivity contribution in [2.75, 3.05) is 19.4 Å². The summed E-state index contributed by atoms with van der Waals surface area (Å²) in [7, 11) is -1.96. The monoisotopic (exact) mass is 739 g/mol. The molecule has 0 atom stereocenters. The summed E-state index contributed by atoms with van der Waals surface area (Å²) in [6.45, 7) is 3.40. The quantitative estimate of drug-likeness (QED) is 0.114. The van der Waals surface area contributed by atoms with E-state index in [1.807, 2.05) is 5.32 Å². The Balaban J connectivity index is 1.55. The first kappa shape index (κ1) is 33.7. The number of nitrogens with zero attached hydrogens (tertiary/aromatic N) is 6. The van der Waals surface area contributed by atoms with Crippen LogP contribution in [0.2, 0.25) is 0 Å². The van der Waals surface area contributed by atoms with Crippen LogP contribution in [0.1, 0.15) is 64.3 Å². The van der Waals surface area contributed by atoms with Gasteiger partial charge in [0.2, 0.25) is 11.7 Å². The number of tetrazole rings is 1. The van der Waals surface area contributed by atoms with Crippen molar-refractivity contribution in [2.45, 2.75) is 59.1 Å². The third-order valence-electron chi connectivity index (χ3n) is 8.18. The average Bonchev–Trinajstić information content (AvgIpc) is 3.82. The summed E-state index contributed by atoms with van der Waals surface area (Å²) in [5.41, 5.74) is 1.01. The molecule has 2 aromatic carbocycles. The highest BCUT2D eigenvalue weighted by Gasteiger charge is 2.33. The summed E-state index contributed by atoms with van der Waals surface area (Å²) in [6.07, 6.45) is 2.25. The molecule has 1 fully saturated rings. The fourth-order valence-corrected chi connectivity index (χ4v) is 6.27. The van der Waals surface area contributed by atoms with E-state index in [-0.39, 0.29) is 58.0 Å². The number of carbonyl (C=O) groups excluding carboxylic acids is 3. The molecule has 1 saturated carbocycles. The molecule has 18 heteroatoms. The van der Waals surface area contributed by atoms with Crippen LogP contribution < -0.4 is 25.3 Å². The number of hydrogen-bond donors (Lipinski definition) is 4. The number of phosphoric acid groups is 1. The van der Waals surface area contributed by atoms with Gasteiger partial charge in [-0.2, -0.15) is 4.80 Å². The lowest BCUT2D eigenvalue weighted by Crippen LogP contribution is -2.30. The van der Waals surface area contributed by atoms with E-state index < -0.39 is 38.8 Å². The second-order valence-corrected chi connectivity index (χ2v) is 14.1. The molecule has 276 valence electrons.